The van der Waals surface area contributed by atoms with Gasteiger partial charge in [0.25, 0.3) is 0 Å². The molecule has 1 aromatic rings. The predicted octanol–water partition coefficient (Wildman–Crippen LogP) is 10.0. The van der Waals surface area contributed by atoms with Crippen LogP contribution in [0.4, 0.5) is 0 Å². The zero-order valence-electron chi connectivity index (χ0n) is 22.2. The zero-order chi connectivity index (χ0) is 23.1. The van der Waals surface area contributed by atoms with Gasteiger partial charge in [-0.1, -0.05) is 115 Å². The normalized spacial score (nSPS) is 25.9. The van der Waals surface area contributed by atoms with Gasteiger partial charge in [-0.25, -0.2) is 0 Å². The number of unbranched alkanes of at least 4 members (excludes halogenated alkanes) is 5. The second-order valence-electron chi connectivity index (χ2n) is 11.4. The summed E-state index contributed by atoms with van der Waals surface area (Å²) in [7, 11) is 0. The van der Waals surface area contributed by atoms with Crippen LogP contribution in [-0.4, -0.2) is 12.7 Å². The average Bonchev–Trinajstić information content (AvgIpc) is 2.86. The molecule has 2 fully saturated rings. The lowest BCUT2D eigenvalue weighted by molar-refractivity contribution is 0.0204. The van der Waals surface area contributed by atoms with Crippen molar-refractivity contribution in [2.24, 2.45) is 11.8 Å². The van der Waals surface area contributed by atoms with E-state index < -0.39 is 0 Å². The van der Waals surface area contributed by atoms with Gasteiger partial charge in [-0.05, 0) is 73.8 Å². The quantitative estimate of drug-likeness (QED) is 0.239. The van der Waals surface area contributed by atoms with Crippen molar-refractivity contribution >= 4 is 0 Å². The number of hydrogen-bond donors (Lipinski definition) is 0. The molecular weight excluding hydrogens is 400 g/mol. The van der Waals surface area contributed by atoms with Gasteiger partial charge in [0.1, 0.15) is 0 Å². The van der Waals surface area contributed by atoms with Gasteiger partial charge < -0.3 is 4.74 Å². The fourth-order valence-electron chi connectivity index (χ4n) is 6.45. The minimum atomic E-state index is 0.522. The molecule has 0 N–H and O–H groups in total. The van der Waals surface area contributed by atoms with E-state index in [0.717, 1.165) is 24.4 Å². The Morgan fingerprint density at radius 1 is 0.636 bits per heavy atom. The molecule has 2 saturated carbocycles. The van der Waals surface area contributed by atoms with E-state index in [1.807, 2.05) is 0 Å². The van der Waals surface area contributed by atoms with E-state index in [2.05, 4.69) is 38.1 Å². The molecule has 0 saturated heterocycles. The molecule has 0 radical (unpaired) electrons. The van der Waals surface area contributed by atoms with Crippen LogP contribution in [-0.2, 0) is 11.2 Å². The fraction of sp³-hybridized carbons (Fsp3) is 0.812. The highest BCUT2D eigenvalue weighted by Crippen LogP contribution is 2.36. The average molecular weight is 455 g/mol. The van der Waals surface area contributed by atoms with Gasteiger partial charge in [0, 0.05) is 6.61 Å². The maximum atomic E-state index is 6.32. The molecule has 33 heavy (non-hydrogen) atoms. The molecule has 1 heteroatoms. The van der Waals surface area contributed by atoms with Crippen LogP contribution in [0.3, 0.4) is 0 Å². The first kappa shape index (κ1) is 26.8. The molecule has 0 unspecified atom stereocenters. The summed E-state index contributed by atoms with van der Waals surface area (Å²) < 4.78 is 6.32. The van der Waals surface area contributed by atoms with E-state index in [0.29, 0.717) is 6.10 Å². The zero-order valence-corrected chi connectivity index (χ0v) is 22.2. The van der Waals surface area contributed by atoms with Crippen LogP contribution in [0.2, 0.25) is 0 Å². The van der Waals surface area contributed by atoms with Crippen molar-refractivity contribution in [3.8, 4) is 0 Å². The molecule has 0 spiro atoms. The van der Waals surface area contributed by atoms with E-state index in [9.17, 15) is 0 Å². The summed E-state index contributed by atoms with van der Waals surface area (Å²) in [6.45, 7) is 5.57. The molecule has 1 aromatic carbocycles. The molecular formula is C32H54O. The van der Waals surface area contributed by atoms with Crippen LogP contribution >= 0.6 is 0 Å². The van der Waals surface area contributed by atoms with E-state index in [-0.39, 0.29) is 0 Å². The molecule has 0 amide bonds. The third-order valence-electron chi connectivity index (χ3n) is 8.71. The predicted molar refractivity (Wildman–Crippen MR) is 144 cm³/mol. The SMILES string of the molecule is CCCCCCCCC1CCC(CCCOC2CCC(c3ccc(CCC)cc3)CC2)CC1. The van der Waals surface area contributed by atoms with Crippen LogP contribution in [0.15, 0.2) is 24.3 Å². The summed E-state index contributed by atoms with van der Waals surface area (Å²) in [5.74, 6) is 2.79. The number of rotatable bonds is 15. The van der Waals surface area contributed by atoms with Crippen LogP contribution in [0.1, 0.15) is 146 Å². The van der Waals surface area contributed by atoms with Crippen LogP contribution in [0, 0.1) is 11.8 Å². The smallest absolute Gasteiger partial charge is 0.0575 e. The molecule has 0 aliphatic heterocycles. The minimum absolute atomic E-state index is 0.522. The van der Waals surface area contributed by atoms with Gasteiger partial charge in [-0.15, -0.1) is 0 Å². The van der Waals surface area contributed by atoms with Gasteiger partial charge >= 0.3 is 0 Å². The summed E-state index contributed by atoms with van der Waals surface area (Å²) in [5, 5.41) is 0. The first-order valence-corrected chi connectivity index (χ1v) is 15.0. The monoisotopic (exact) mass is 454 g/mol. The summed E-state index contributed by atoms with van der Waals surface area (Å²) in [6.07, 6.45) is 27.0. The standard InChI is InChI=1S/C32H54O/c1-3-5-6-7-8-9-12-28-14-16-29(17-15-28)13-10-26-33-32-24-22-31(23-25-32)30-20-18-27(11-4-2)19-21-30/h18-21,28-29,31-32H,3-17,22-26H2,1-2H3. The first-order valence-electron chi connectivity index (χ1n) is 15.0. The van der Waals surface area contributed by atoms with Gasteiger partial charge in [0.15, 0.2) is 0 Å². The fourth-order valence-corrected chi connectivity index (χ4v) is 6.45. The Labute approximate surface area is 206 Å². The van der Waals surface area contributed by atoms with Gasteiger partial charge in [0.2, 0.25) is 0 Å². The maximum absolute atomic E-state index is 6.32. The van der Waals surface area contributed by atoms with Crippen molar-refractivity contribution in [2.75, 3.05) is 6.61 Å². The number of hydrogen-bond acceptors (Lipinski definition) is 1. The Kier molecular flexibility index (Phi) is 13.0. The molecule has 0 heterocycles. The minimum Gasteiger partial charge on any atom is -0.378 e. The Balaban J connectivity index is 1.19. The summed E-state index contributed by atoms with van der Waals surface area (Å²) in [6, 6.07) is 9.48. The Hall–Kier alpha value is -0.820. The van der Waals surface area contributed by atoms with Crippen molar-refractivity contribution in [1.82, 2.24) is 0 Å². The number of aryl methyl sites for hydroxylation is 1. The highest BCUT2D eigenvalue weighted by Gasteiger charge is 2.23. The van der Waals surface area contributed by atoms with Gasteiger partial charge in [-0.2, -0.15) is 0 Å². The second kappa shape index (κ2) is 16.0. The second-order valence-corrected chi connectivity index (χ2v) is 11.4. The van der Waals surface area contributed by atoms with Crippen LogP contribution in [0.25, 0.3) is 0 Å². The molecule has 0 atom stereocenters. The van der Waals surface area contributed by atoms with Crippen LogP contribution in [0.5, 0.6) is 0 Å². The van der Waals surface area contributed by atoms with E-state index in [1.54, 1.807) is 5.56 Å². The van der Waals surface area contributed by atoms with Crippen molar-refractivity contribution in [2.45, 2.75) is 148 Å². The van der Waals surface area contributed by atoms with Crippen molar-refractivity contribution in [1.29, 1.82) is 0 Å². The lowest BCUT2D eigenvalue weighted by Gasteiger charge is -2.30. The third kappa shape index (κ3) is 10.1. The summed E-state index contributed by atoms with van der Waals surface area (Å²) in [5.41, 5.74) is 3.05. The maximum Gasteiger partial charge on any atom is 0.0575 e. The van der Waals surface area contributed by atoms with Crippen molar-refractivity contribution < 1.29 is 4.74 Å². The lowest BCUT2D eigenvalue weighted by Crippen LogP contribution is -2.21. The number of benzene rings is 1. The third-order valence-corrected chi connectivity index (χ3v) is 8.71. The molecule has 188 valence electrons. The number of ether oxygens (including phenoxy) is 1. The highest BCUT2D eigenvalue weighted by atomic mass is 16.5. The Morgan fingerprint density at radius 3 is 1.88 bits per heavy atom. The molecule has 1 nitrogen and oxygen atoms in total. The molecule has 3 rings (SSSR count). The van der Waals surface area contributed by atoms with E-state index >= 15 is 0 Å². The van der Waals surface area contributed by atoms with Crippen LogP contribution < -0.4 is 0 Å². The summed E-state index contributed by atoms with van der Waals surface area (Å²) in [4.78, 5) is 0. The molecule has 0 bridgehead atoms. The van der Waals surface area contributed by atoms with Crippen molar-refractivity contribution in [3.05, 3.63) is 35.4 Å². The molecule has 2 aliphatic carbocycles. The summed E-state index contributed by atoms with van der Waals surface area (Å²) >= 11 is 0. The largest absolute Gasteiger partial charge is 0.378 e. The van der Waals surface area contributed by atoms with Gasteiger partial charge in [-0.3, -0.25) is 0 Å². The van der Waals surface area contributed by atoms with E-state index in [1.165, 1.54) is 128 Å². The van der Waals surface area contributed by atoms with Crippen molar-refractivity contribution in [3.63, 3.8) is 0 Å². The molecule has 0 aromatic heterocycles. The topological polar surface area (TPSA) is 9.23 Å². The van der Waals surface area contributed by atoms with Gasteiger partial charge in [0.05, 0.1) is 6.10 Å². The first-order chi connectivity index (χ1) is 16.3. The highest BCUT2D eigenvalue weighted by molar-refractivity contribution is 5.26. The van der Waals surface area contributed by atoms with E-state index in [4.69, 9.17) is 4.74 Å². The Morgan fingerprint density at radius 2 is 1.24 bits per heavy atom. The lowest BCUT2D eigenvalue weighted by atomic mass is 9.78. The molecule has 2 aliphatic rings. The Bertz CT molecular complexity index is 589.